The van der Waals surface area contributed by atoms with Gasteiger partial charge in [-0.25, -0.2) is 0 Å². The molecule has 1 aromatic rings. The molecule has 4 fully saturated rings. The third-order valence-corrected chi connectivity index (χ3v) is 11.5. The summed E-state index contributed by atoms with van der Waals surface area (Å²) in [5, 5.41) is 36.4. The number of carbonyl (C=O) groups excluding carboxylic acids is 1. The van der Waals surface area contributed by atoms with E-state index in [1.54, 1.807) is 12.1 Å². The lowest BCUT2D eigenvalue weighted by atomic mass is 9.43. The van der Waals surface area contributed by atoms with Crippen LogP contribution in [0.4, 0.5) is 11.4 Å². The van der Waals surface area contributed by atoms with Crippen molar-refractivity contribution in [1.82, 2.24) is 0 Å². The highest BCUT2D eigenvalue weighted by Crippen LogP contribution is 2.68. The Hall–Kier alpha value is -1.63. The van der Waals surface area contributed by atoms with E-state index in [1.807, 2.05) is 12.1 Å². The fraction of sp³-hybridized carbons (Fsp3) is 0.767. The number of amides is 1. The molecule has 0 unspecified atom stereocenters. The minimum Gasteiger partial charge on any atom is -0.399 e. The van der Waals surface area contributed by atoms with E-state index in [0.717, 1.165) is 57.1 Å². The van der Waals surface area contributed by atoms with Gasteiger partial charge in [0.15, 0.2) is 0 Å². The first kappa shape index (κ1) is 26.0. The molecule has 1 aromatic carbocycles. The van der Waals surface area contributed by atoms with Crippen molar-refractivity contribution in [3.8, 4) is 0 Å². The summed E-state index contributed by atoms with van der Waals surface area (Å²) in [5.74, 6) is 1.82. The van der Waals surface area contributed by atoms with E-state index in [4.69, 9.17) is 5.73 Å². The van der Waals surface area contributed by atoms with Gasteiger partial charge in [0.05, 0.1) is 18.3 Å². The number of hydrogen-bond donors (Lipinski definition) is 5. The number of aliphatic hydroxyl groups is 3. The lowest BCUT2D eigenvalue weighted by molar-refractivity contribution is -0.207. The topological polar surface area (TPSA) is 116 Å². The maximum Gasteiger partial charge on any atom is 0.224 e. The SMILES string of the molecule is C[C@H](CCC(=O)Nc1cccc(N)c1)[C@H]1CC[C@H]2[C@@H]3[C@H](O)C[C@@H]4C[C@H](O)CC[C@]4(C)[C@H]3C[C@H](O)[C@]12C. The van der Waals surface area contributed by atoms with Crippen LogP contribution in [0.5, 0.6) is 0 Å². The maximum atomic E-state index is 12.6. The predicted molar refractivity (Wildman–Crippen MR) is 142 cm³/mol. The lowest BCUT2D eigenvalue weighted by Crippen LogP contribution is -2.62. The number of carbonyl (C=O) groups is 1. The summed E-state index contributed by atoms with van der Waals surface area (Å²) in [4.78, 5) is 12.6. The first-order chi connectivity index (χ1) is 17.0. The van der Waals surface area contributed by atoms with Gasteiger partial charge in [0.1, 0.15) is 0 Å². The molecule has 4 aliphatic rings. The van der Waals surface area contributed by atoms with E-state index in [1.165, 1.54) is 0 Å². The molecule has 0 aliphatic heterocycles. The van der Waals surface area contributed by atoms with E-state index in [0.29, 0.717) is 41.7 Å². The smallest absolute Gasteiger partial charge is 0.224 e. The van der Waals surface area contributed by atoms with Gasteiger partial charge in [-0.1, -0.05) is 26.8 Å². The third-order valence-electron chi connectivity index (χ3n) is 11.5. The molecule has 6 N–H and O–H groups in total. The largest absolute Gasteiger partial charge is 0.399 e. The highest BCUT2D eigenvalue weighted by molar-refractivity contribution is 5.91. The number of aliphatic hydroxyl groups excluding tert-OH is 3. The number of nitrogens with one attached hydrogen (secondary N) is 1. The molecule has 0 radical (unpaired) electrons. The summed E-state index contributed by atoms with van der Waals surface area (Å²) < 4.78 is 0. The summed E-state index contributed by atoms with van der Waals surface area (Å²) in [5.41, 5.74) is 7.04. The molecule has 0 spiro atoms. The number of nitrogen functional groups attached to an aromatic ring is 1. The molecule has 5 rings (SSSR count). The molecule has 4 saturated carbocycles. The van der Waals surface area contributed by atoms with Crippen molar-refractivity contribution in [3.05, 3.63) is 24.3 Å². The van der Waals surface area contributed by atoms with Crippen molar-refractivity contribution in [3.63, 3.8) is 0 Å². The van der Waals surface area contributed by atoms with Crippen molar-refractivity contribution in [2.75, 3.05) is 11.1 Å². The zero-order valence-electron chi connectivity index (χ0n) is 22.2. The van der Waals surface area contributed by atoms with Crippen molar-refractivity contribution in [1.29, 1.82) is 0 Å². The van der Waals surface area contributed by atoms with Crippen LogP contribution in [0.1, 0.15) is 78.6 Å². The molecule has 1 amide bonds. The van der Waals surface area contributed by atoms with Gasteiger partial charge in [-0.3, -0.25) is 4.79 Å². The number of hydrogen-bond acceptors (Lipinski definition) is 5. The molecular formula is C30H46N2O4. The van der Waals surface area contributed by atoms with E-state index < -0.39 is 6.10 Å². The summed E-state index contributed by atoms with van der Waals surface area (Å²) >= 11 is 0. The molecule has 6 heteroatoms. The molecule has 11 atom stereocenters. The molecule has 6 nitrogen and oxygen atoms in total. The van der Waals surface area contributed by atoms with Crippen LogP contribution in [0.25, 0.3) is 0 Å². The van der Waals surface area contributed by atoms with E-state index in [-0.39, 0.29) is 34.9 Å². The van der Waals surface area contributed by atoms with E-state index >= 15 is 0 Å². The molecule has 0 heterocycles. The Morgan fingerprint density at radius 3 is 2.64 bits per heavy atom. The quantitative estimate of drug-likeness (QED) is 0.381. The Kier molecular flexibility index (Phi) is 6.93. The molecule has 0 saturated heterocycles. The van der Waals surface area contributed by atoms with Crippen LogP contribution in [0, 0.1) is 46.3 Å². The van der Waals surface area contributed by atoms with Crippen LogP contribution >= 0.6 is 0 Å². The van der Waals surface area contributed by atoms with E-state index in [2.05, 4.69) is 26.1 Å². The second-order valence-corrected chi connectivity index (χ2v) is 13.2. The average molecular weight is 499 g/mol. The minimum absolute atomic E-state index is 0.00226. The fourth-order valence-corrected chi connectivity index (χ4v) is 9.53. The zero-order valence-corrected chi connectivity index (χ0v) is 22.2. The monoisotopic (exact) mass is 498 g/mol. The highest BCUT2D eigenvalue weighted by atomic mass is 16.3. The van der Waals surface area contributed by atoms with Gasteiger partial charge in [0.25, 0.3) is 0 Å². The van der Waals surface area contributed by atoms with Gasteiger partial charge in [-0.15, -0.1) is 0 Å². The number of fused-ring (bicyclic) bond motifs is 5. The van der Waals surface area contributed by atoms with Crippen LogP contribution in [-0.2, 0) is 4.79 Å². The number of anilines is 2. The number of benzene rings is 1. The zero-order chi connectivity index (χ0) is 25.8. The number of nitrogens with two attached hydrogens (primary N) is 1. The average Bonchev–Trinajstić information content (AvgIpc) is 3.18. The molecule has 4 aliphatic carbocycles. The second kappa shape index (κ2) is 9.59. The Morgan fingerprint density at radius 1 is 1.11 bits per heavy atom. The maximum absolute atomic E-state index is 12.6. The summed E-state index contributed by atoms with van der Waals surface area (Å²) in [6.45, 7) is 6.88. The van der Waals surface area contributed by atoms with Crippen molar-refractivity contribution < 1.29 is 20.1 Å². The van der Waals surface area contributed by atoms with Gasteiger partial charge in [0, 0.05) is 17.8 Å². The summed E-state index contributed by atoms with van der Waals surface area (Å²) in [6, 6.07) is 7.26. The minimum atomic E-state index is -0.394. The predicted octanol–water partition coefficient (Wildman–Crippen LogP) is 4.59. The van der Waals surface area contributed by atoms with Crippen LogP contribution in [-0.4, -0.2) is 39.5 Å². The van der Waals surface area contributed by atoms with Crippen molar-refractivity contribution >= 4 is 17.3 Å². The Bertz CT molecular complexity index is 970. The van der Waals surface area contributed by atoms with Crippen LogP contribution in [0.3, 0.4) is 0 Å². The molecule has 0 bridgehead atoms. The van der Waals surface area contributed by atoms with E-state index in [9.17, 15) is 20.1 Å². The fourth-order valence-electron chi connectivity index (χ4n) is 9.53. The Balaban J connectivity index is 1.28. The lowest BCUT2D eigenvalue weighted by Gasteiger charge is -2.63. The first-order valence-electron chi connectivity index (χ1n) is 14.2. The standard InChI is InChI=1S/C30H46N2O4/c1-17(7-10-27(36)32-20-6-4-5-19(31)15-20)22-8-9-23-28-24(16-26(35)30(22,23)3)29(2)12-11-21(33)13-18(29)14-25(28)34/h4-6,15,17-18,21-26,28,33-35H,7-14,16,31H2,1-3H3,(H,32,36)/t17-,18+,21-,22-,23+,24+,25-,26+,28+,29+,30-/m1/s1. The Morgan fingerprint density at radius 2 is 1.89 bits per heavy atom. The molecule has 200 valence electrons. The molecule has 36 heavy (non-hydrogen) atoms. The summed E-state index contributed by atoms with van der Waals surface area (Å²) in [7, 11) is 0. The van der Waals surface area contributed by atoms with Crippen LogP contribution < -0.4 is 11.1 Å². The number of rotatable bonds is 5. The van der Waals surface area contributed by atoms with Gasteiger partial charge >= 0.3 is 0 Å². The Labute approximate surface area is 216 Å². The van der Waals surface area contributed by atoms with Gasteiger partial charge in [-0.05, 0) is 116 Å². The third kappa shape index (κ3) is 4.27. The van der Waals surface area contributed by atoms with Gasteiger partial charge in [-0.2, -0.15) is 0 Å². The van der Waals surface area contributed by atoms with Crippen molar-refractivity contribution in [2.24, 2.45) is 46.3 Å². The highest BCUT2D eigenvalue weighted by Gasteiger charge is 2.65. The van der Waals surface area contributed by atoms with Crippen LogP contribution in [0.2, 0.25) is 0 Å². The van der Waals surface area contributed by atoms with Gasteiger partial charge < -0.3 is 26.4 Å². The van der Waals surface area contributed by atoms with Gasteiger partial charge in [0.2, 0.25) is 5.91 Å². The van der Waals surface area contributed by atoms with Crippen LogP contribution in [0.15, 0.2) is 24.3 Å². The second-order valence-electron chi connectivity index (χ2n) is 13.2. The molecule has 0 aromatic heterocycles. The molecular weight excluding hydrogens is 452 g/mol. The normalized spacial score (nSPS) is 44.7. The first-order valence-corrected chi connectivity index (χ1v) is 14.2. The summed E-state index contributed by atoms with van der Waals surface area (Å²) in [6.07, 6.45) is 6.45. The van der Waals surface area contributed by atoms with Crippen molar-refractivity contribution in [2.45, 2.75) is 96.9 Å².